The van der Waals surface area contributed by atoms with Gasteiger partial charge < -0.3 is 5.11 Å². The van der Waals surface area contributed by atoms with Gasteiger partial charge in [0, 0.05) is 0 Å². The molecule has 1 aliphatic rings. The van der Waals surface area contributed by atoms with Crippen molar-refractivity contribution in [2.24, 2.45) is 4.99 Å². The van der Waals surface area contributed by atoms with E-state index in [4.69, 9.17) is 4.99 Å². The zero-order valence-corrected chi connectivity index (χ0v) is 14.7. The number of aliphatic imine (C=N–C) groups is 1. The van der Waals surface area contributed by atoms with Gasteiger partial charge in [-0.2, -0.15) is 0 Å². The molecule has 0 fully saturated rings. The van der Waals surface area contributed by atoms with Gasteiger partial charge in [0.25, 0.3) is 0 Å². The minimum absolute atomic E-state index is 0.231. The highest BCUT2D eigenvalue weighted by atomic mass is 32.2. The number of amides is 1. The van der Waals surface area contributed by atoms with Crippen LogP contribution in [0.2, 0.25) is 0 Å². The second-order valence-corrected chi connectivity index (χ2v) is 6.64. The number of hydrogen-bond donors (Lipinski definition) is 1. The predicted molar refractivity (Wildman–Crippen MR) is 98.7 cm³/mol. The highest BCUT2D eigenvalue weighted by Gasteiger charge is 2.42. The summed E-state index contributed by atoms with van der Waals surface area (Å²) in [6.45, 7) is 4.06. The van der Waals surface area contributed by atoms with E-state index in [1.54, 1.807) is 0 Å². The van der Waals surface area contributed by atoms with Crippen molar-refractivity contribution in [3.63, 3.8) is 0 Å². The summed E-state index contributed by atoms with van der Waals surface area (Å²) in [5.41, 5.74) is 4.27. The number of thioether (sulfide) groups is 1. The molecule has 0 saturated heterocycles. The van der Waals surface area contributed by atoms with Crippen molar-refractivity contribution in [2.75, 3.05) is 6.26 Å². The van der Waals surface area contributed by atoms with Gasteiger partial charge in [-0.3, -0.25) is 4.99 Å². The molecule has 1 N–H and O–H groups in total. The molecular weight excluding hydrogens is 320 g/mol. The molecule has 2 atom stereocenters. The van der Waals surface area contributed by atoms with Gasteiger partial charge in [-0.1, -0.05) is 60.3 Å². The fourth-order valence-corrected chi connectivity index (χ4v) is 3.86. The lowest BCUT2D eigenvalue weighted by Crippen LogP contribution is -2.35. The standard InChI is InChI=1S/C19H20N2O2S/c1-12-8-4-6-10-14(12)16-17(15-11-7-5-9-13(15)2)21(19(22)23)18(20-16)24-3/h4-11,16-17H,1-3H3,(H,22,23). The van der Waals surface area contributed by atoms with Crippen molar-refractivity contribution in [3.8, 4) is 0 Å². The normalized spacial score (nSPS) is 20.1. The topological polar surface area (TPSA) is 52.9 Å². The summed E-state index contributed by atoms with van der Waals surface area (Å²) < 4.78 is 0. The van der Waals surface area contributed by atoms with E-state index in [1.807, 2.05) is 68.6 Å². The molecule has 2 aromatic rings. The van der Waals surface area contributed by atoms with Gasteiger partial charge in [-0.25, -0.2) is 9.69 Å². The Hall–Kier alpha value is -2.27. The molecular formula is C19H20N2O2S. The van der Waals surface area contributed by atoms with Crippen molar-refractivity contribution >= 4 is 23.0 Å². The lowest BCUT2D eigenvalue weighted by molar-refractivity contribution is 0.157. The second-order valence-electron chi connectivity index (χ2n) is 5.87. The van der Waals surface area contributed by atoms with Crippen LogP contribution in [0.15, 0.2) is 53.5 Å². The van der Waals surface area contributed by atoms with Crippen LogP contribution < -0.4 is 0 Å². The Balaban J connectivity index is 2.18. The fourth-order valence-electron chi connectivity index (χ4n) is 3.25. The van der Waals surface area contributed by atoms with Crippen molar-refractivity contribution in [3.05, 3.63) is 70.8 Å². The number of benzene rings is 2. The van der Waals surface area contributed by atoms with Crippen LogP contribution in [0.25, 0.3) is 0 Å². The molecule has 4 nitrogen and oxygen atoms in total. The van der Waals surface area contributed by atoms with Crippen LogP contribution in [0.4, 0.5) is 4.79 Å². The molecule has 0 spiro atoms. The van der Waals surface area contributed by atoms with Gasteiger partial charge in [-0.15, -0.1) is 0 Å². The number of amidine groups is 1. The second kappa shape index (κ2) is 6.69. The summed E-state index contributed by atoms with van der Waals surface area (Å²) in [6.07, 6.45) is 0.900. The highest BCUT2D eigenvalue weighted by molar-refractivity contribution is 8.13. The van der Waals surface area contributed by atoms with E-state index in [2.05, 4.69) is 0 Å². The van der Waals surface area contributed by atoms with E-state index < -0.39 is 6.09 Å². The maximum atomic E-state index is 12.0. The minimum Gasteiger partial charge on any atom is -0.465 e. The SMILES string of the molecule is CSC1=NC(c2ccccc2C)C(c2ccccc2C)N1C(=O)O. The Morgan fingerprint density at radius 2 is 1.58 bits per heavy atom. The Morgan fingerprint density at radius 1 is 1.04 bits per heavy atom. The Bertz CT molecular complexity index is 803. The van der Waals surface area contributed by atoms with Crippen molar-refractivity contribution < 1.29 is 9.90 Å². The molecule has 2 unspecified atom stereocenters. The number of hydrogen-bond acceptors (Lipinski definition) is 3. The summed E-state index contributed by atoms with van der Waals surface area (Å²) in [6, 6.07) is 15.4. The number of nitrogens with zero attached hydrogens (tertiary/aromatic N) is 2. The number of rotatable bonds is 2. The Labute approximate surface area is 146 Å². The lowest BCUT2D eigenvalue weighted by atomic mass is 9.89. The third-order valence-corrected chi connectivity index (χ3v) is 5.10. The summed E-state index contributed by atoms with van der Waals surface area (Å²) in [5.74, 6) is 0. The predicted octanol–water partition coefficient (Wildman–Crippen LogP) is 4.80. The number of carboxylic acid groups (broad SMARTS) is 1. The maximum absolute atomic E-state index is 12.0. The molecule has 1 amide bonds. The number of carbonyl (C=O) groups is 1. The zero-order chi connectivity index (χ0) is 17.3. The first-order chi connectivity index (χ1) is 11.5. The molecule has 2 aromatic carbocycles. The van der Waals surface area contributed by atoms with E-state index in [9.17, 15) is 9.90 Å². The van der Waals surface area contributed by atoms with Crippen LogP contribution in [-0.2, 0) is 0 Å². The molecule has 1 heterocycles. The third kappa shape index (κ3) is 2.80. The molecule has 0 saturated carbocycles. The van der Waals surface area contributed by atoms with Crippen molar-refractivity contribution in [1.29, 1.82) is 0 Å². The van der Waals surface area contributed by atoms with Crippen molar-refractivity contribution in [1.82, 2.24) is 4.90 Å². The molecule has 0 radical (unpaired) electrons. The molecule has 3 rings (SSSR count). The Kier molecular flexibility index (Phi) is 4.62. The number of aryl methyl sites for hydroxylation is 2. The highest BCUT2D eigenvalue weighted by Crippen LogP contribution is 2.45. The Morgan fingerprint density at radius 3 is 2.08 bits per heavy atom. The van der Waals surface area contributed by atoms with Crippen LogP contribution in [0.1, 0.15) is 34.3 Å². The van der Waals surface area contributed by atoms with Crippen LogP contribution in [-0.4, -0.2) is 27.5 Å². The smallest absolute Gasteiger partial charge is 0.414 e. The average Bonchev–Trinajstić information content (AvgIpc) is 2.95. The summed E-state index contributed by atoms with van der Waals surface area (Å²) in [7, 11) is 0. The monoisotopic (exact) mass is 340 g/mol. The van der Waals surface area contributed by atoms with E-state index in [0.29, 0.717) is 5.17 Å². The maximum Gasteiger partial charge on any atom is 0.414 e. The van der Waals surface area contributed by atoms with Gasteiger partial charge in [0.15, 0.2) is 5.17 Å². The van der Waals surface area contributed by atoms with Gasteiger partial charge in [-0.05, 0) is 42.4 Å². The fraction of sp³-hybridized carbons (Fsp3) is 0.263. The average molecular weight is 340 g/mol. The van der Waals surface area contributed by atoms with Gasteiger partial charge in [0.1, 0.15) is 6.04 Å². The summed E-state index contributed by atoms with van der Waals surface area (Å²) >= 11 is 1.37. The zero-order valence-electron chi connectivity index (χ0n) is 13.9. The molecule has 0 bridgehead atoms. The molecule has 0 aliphatic carbocycles. The largest absolute Gasteiger partial charge is 0.465 e. The van der Waals surface area contributed by atoms with Gasteiger partial charge in [0.2, 0.25) is 0 Å². The molecule has 124 valence electrons. The van der Waals surface area contributed by atoms with E-state index in [-0.39, 0.29) is 12.1 Å². The third-order valence-electron chi connectivity index (χ3n) is 4.44. The minimum atomic E-state index is -0.965. The van der Waals surface area contributed by atoms with E-state index >= 15 is 0 Å². The van der Waals surface area contributed by atoms with Gasteiger partial charge >= 0.3 is 6.09 Å². The summed E-state index contributed by atoms with van der Waals surface area (Å²) in [5, 5.41) is 10.3. The molecule has 0 aromatic heterocycles. The van der Waals surface area contributed by atoms with Crippen LogP contribution in [0.5, 0.6) is 0 Å². The quantitative estimate of drug-likeness (QED) is 0.854. The first kappa shape index (κ1) is 16.6. The van der Waals surface area contributed by atoms with E-state index in [0.717, 1.165) is 22.3 Å². The lowest BCUT2D eigenvalue weighted by Gasteiger charge is -2.28. The first-order valence-corrected chi connectivity index (χ1v) is 9.02. The summed E-state index contributed by atoms with van der Waals surface area (Å²) in [4.78, 5) is 18.1. The van der Waals surface area contributed by atoms with Crippen LogP contribution >= 0.6 is 11.8 Å². The van der Waals surface area contributed by atoms with E-state index in [1.165, 1.54) is 16.7 Å². The first-order valence-electron chi connectivity index (χ1n) is 7.79. The van der Waals surface area contributed by atoms with Crippen molar-refractivity contribution in [2.45, 2.75) is 25.9 Å². The van der Waals surface area contributed by atoms with Crippen LogP contribution in [0.3, 0.4) is 0 Å². The molecule has 5 heteroatoms. The van der Waals surface area contributed by atoms with Gasteiger partial charge in [0.05, 0.1) is 6.04 Å². The molecule has 24 heavy (non-hydrogen) atoms. The molecule has 1 aliphatic heterocycles. The van der Waals surface area contributed by atoms with Crippen LogP contribution in [0, 0.1) is 13.8 Å².